The first-order valence-electron chi connectivity index (χ1n) is 23.9. The van der Waals surface area contributed by atoms with Gasteiger partial charge in [-0.2, -0.15) is 5.10 Å². The average molecular weight is 1030 g/mol. The van der Waals surface area contributed by atoms with Gasteiger partial charge in [-0.1, -0.05) is 61.8 Å². The summed E-state index contributed by atoms with van der Waals surface area (Å²) in [4.78, 5) is 55.2. The van der Waals surface area contributed by atoms with Crippen molar-refractivity contribution in [1.82, 2.24) is 45.1 Å². The van der Waals surface area contributed by atoms with Gasteiger partial charge in [0.2, 0.25) is 17.7 Å². The SMILES string of the molecule is Cc1ncsc1-c1ccc([C@H](C)NC(=O)[C@@H]2C[C@@H](O)CN2C(=O)C(C(C)C)n2cc(-c3cc(F)cc(O[C@@H](C)CNC(=O)C[C@@H]4N=C(c5ccc(Cl)cc5)c5c(sc(C)c5C)-n5c(C)nnc54)c3)cn2)cc1. The molecule has 15 nitrogen and oxygen atoms in total. The fourth-order valence-electron chi connectivity index (χ4n) is 9.42. The Labute approximate surface area is 430 Å². The van der Waals surface area contributed by atoms with Gasteiger partial charge in [-0.05, 0) is 94.0 Å². The zero-order valence-corrected chi connectivity index (χ0v) is 43.6. The van der Waals surface area contributed by atoms with Crippen molar-refractivity contribution in [2.24, 2.45) is 10.9 Å². The number of benzene rings is 3. The second kappa shape index (κ2) is 20.9. The Bertz CT molecular complexity index is 3180. The molecule has 2 aliphatic heterocycles. The van der Waals surface area contributed by atoms with E-state index in [0.29, 0.717) is 27.8 Å². The fraction of sp³-hybridized carbons (Fsp3) is 0.358. The van der Waals surface area contributed by atoms with E-state index < -0.39 is 36.2 Å². The van der Waals surface area contributed by atoms with Crippen LogP contribution in [0.5, 0.6) is 5.75 Å². The highest BCUT2D eigenvalue weighted by molar-refractivity contribution is 7.15. The van der Waals surface area contributed by atoms with E-state index in [2.05, 4.69) is 44.8 Å². The Balaban J connectivity index is 0.850. The summed E-state index contributed by atoms with van der Waals surface area (Å²) >= 11 is 9.48. The van der Waals surface area contributed by atoms with Crippen LogP contribution < -0.4 is 15.4 Å². The Hall–Kier alpha value is -6.60. The van der Waals surface area contributed by atoms with Crippen LogP contribution in [0.25, 0.3) is 26.6 Å². The van der Waals surface area contributed by atoms with E-state index in [9.17, 15) is 19.5 Å². The number of aromatic nitrogens is 6. The van der Waals surface area contributed by atoms with Crippen LogP contribution in [0.2, 0.25) is 5.02 Å². The summed E-state index contributed by atoms with van der Waals surface area (Å²) in [5.41, 5.74) is 9.37. The van der Waals surface area contributed by atoms with E-state index in [1.165, 1.54) is 21.7 Å². The van der Waals surface area contributed by atoms with Crippen molar-refractivity contribution >= 4 is 57.7 Å². The summed E-state index contributed by atoms with van der Waals surface area (Å²) in [6, 6.07) is 17.0. The van der Waals surface area contributed by atoms with Crippen LogP contribution in [0.1, 0.15) is 103 Å². The van der Waals surface area contributed by atoms with Crippen molar-refractivity contribution in [1.29, 1.82) is 0 Å². The lowest BCUT2D eigenvalue weighted by molar-refractivity contribution is -0.142. The number of rotatable bonds is 15. The Morgan fingerprint density at radius 1 is 0.944 bits per heavy atom. The zero-order valence-electron chi connectivity index (χ0n) is 41.2. The predicted octanol–water partition coefficient (Wildman–Crippen LogP) is 9.24. The molecule has 0 radical (unpaired) electrons. The van der Waals surface area contributed by atoms with E-state index in [1.807, 2.05) is 93.2 Å². The number of thiophene rings is 1. The van der Waals surface area contributed by atoms with Crippen LogP contribution in [0.4, 0.5) is 4.39 Å². The third-order valence-corrected chi connectivity index (χ3v) is 15.7. The number of aryl methyl sites for hydroxylation is 3. The number of nitrogens with zero attached hydrogens (tertiary/aromatic N) is 8. The summed E-state index contributed by atoms with van der Waals surface area (Å²) in [5, 5.41) is 31.8. The minimum Gasteiger partial charge on any atom is -0.489 e. The number of aliphatic hydroxyl groups excluding tert-OH is 1. The van der Waals surface area contributed by atoms with Crippen LogP contribution in [0.3, 0.4) is 0 Å². The smallest absolute Gasteiger partial charge is 0.248 e. The van der Waals surface area contributed by atoms with Gasteiger partial charge in [0.05, 0.1) is 53.1 Å². The third-order valence-electron chi connectivity index (χ3n) is 13.3. The first kappa shape index (κ1) is 50.3. The normalized spacial score (nSPS) is 17.7. The lowest BCUT2D eigenvalue weighted by Crippen LogP contribution is -2.49. The number of hydrogen-bond acceptors (Lipinski definition) is 12. The monoisotopic (exact) mass is 1030 g/mol. The van der Waals surface area contributed by atoms with E-state index in [4.69, 9.17) is 21.3 Å². The number of nitrogens with one attached hydrogen (secondary N) is 2. The highest BCUT2D eigenvalue weighted by Gasteiger charge is 2.43. The van der Waals surface area contributed by atoms with Gasteiger partial charge < -0.3 is 25.4 Å². The van der Waals surface area contributed by atoms with Crippen molar-refractivity contribution < 1.29 is 28.6 Å². The molecule has 3 N–H and O–H groups in total. The molecule has 6 atom stereocenters. The summed E-state index contributed by atoms with van der Waals surface area (Å²) in [6.07, 6.45) is 1.85. The topological polar surface area (TPSA) is 182 Å². The number of carbonyl (C=O) groups is 3. The molecule has 0 bridgehead atoms. The molecule has 7 aromatic rings. The summed E-state index contributed by atoms with van der Waals surface area (Å²) < 4.78 is 25.0. The molecule has 0 aliphatic carbocycles. The fourth-order valence-corrected chi connectivity index (χ4v) is 11.6. The van der Waals surface area contributed by atoms with E-state index >= 15 is 4.39 Å². The average Bonchev–Trinajstić information content (AvgIpc) is 4.19. The van der Waals surface area contributed by atoms with Crippen LogP contribution >= 0.6 is 34.3 Å². The van der Waals surface area contributed by atoms with Gasteiger partial charge in [0.1, 0.15) is 46.6 Å². The van der Waals surface area contributed by atoms with E-state index in [1.54, 1.807) is 48.1 Å². The molecule has 2 aliphatic rings. The number of amides is 3. The maximum atomic E-state index is 15.3. The molecule has 3 aromatic carbocycles. The van der Waals surface area contributed by atoms with Gasteiger partial charge in [-0.25, -0.2) is 9.37 Å². The second-order valence-electron chi connectivity index (χ2n) is 18.9. The number of thiazole rings is 1. The van der Waals surface area contributed by atoms with Crippen LogP contribution in [-0.4, -0.2) is 94.3 Å². The lowest BCUT2D eigenvalue weighted by Gasteiger charge is -2.30. The second-order valence-corrected chi connectivity index (χ2v) is 21.4. The van der Waals surface area contributed by atoms with Crippen molar-refractivity contribution in [2.75, 3.05) is 13.1 Å². The van der Waals surface area contributed by atoms with Gasteiger partial charge in [0, 0.05) is 51.8 Å². The largest absolute Gasteiger partial charge is 0.489 e. The molecule has 0 saturated carbocycles. The number of carbonyl (C=O) groups excluding carboxylic acids is 3. The lowest BCUT2D eigenvalue weighted by atomic mass is 9.99. The Kier molecular flexibility index (Phi) is 14.6. The van der Waals surface area contributed by atoms with Crippen molar-refractivity contribution in [3.8, 4) is 32.3 Å². The van der Waals surface area contributed by atoms with Gasteiger partial charge in [-0.15, -0.1) is 32.9 Å². The van der Waals surface area contributed by atoms with Crippen molar-refractivity contribution in [3.63, 3.8) is 0 Å². The van der Waals surface area contributed by atoms with Crippen LogP contribution in [-0.2, 0) is 14.4 Å². The predicted molar refractivity (Wildman–Crippen MR) is 277 cm³/mol. The van der Waals surface area contributed by atoms with Gasteiger partial charge in [0.15, 0.2) is 5.82 Å². The Morgan fingerprint density at radius 2 is 1.68 bits per heavy atom. The number of fused-ring (bicyclic) bond motifs is 3. The molecular weight excluding hydrogens is 975 g/mol. The number of halogens is 2. The number of ether oxygens (including phenoxy) is 1. The zero-order chi connectivity index (χ0) is 51.1. The van der Waals surface area contributed by atoms with Gasteiger partial charge in [-0.3, -0.25) is 28.6 Å². The highest BCUT2D eigenvalue weighted by Crippen LogP contribution is 2.40. The third kappa shape index (κ3) is 10.4. The molecule has 1 unspecified atom stereocenters. The standard InChI is InChI=1S/C53H56ClFN10O5S2/c1-27(2)48(52(69)63-25-41(66)20-44(63)51(68)59-30(5)34-9-11-36(12-10-34)49-31(6)57-26-71-49)64-24-38(23-58-64)37-17-40(55)19-42(18-37)70-28(3)22-56-45(67)21-43-50-62-61-33(8)65(50)53-46(29(4)32(7)72-53)47(60-43)35-13-15-39(54)16-14-35/h9-19,23-24,26-28,30,41,43-44,48,66H,20-22,25H2,1-8H3,(H,56,67)(H,59,68)/t28-,30-,41+,43-,44-,48?/m0/s1. The number of hydrogen-bond donors (Lipinski definition) is 3. The number of β-amino-alcohol motifs (C(OH)–C–C–N with tert-alkyl or cyclic N) is 1. The first-order chi connectivity index (χ1) is 34.4. The molecule has 374 valence electrons. The molecule has 4 aromatic heterocycles. The van der Waals surface area contributed by atoms with E-state index in [0.717, 1.165) is 54.0 Å². The molecule has 1 saturated heterocycles. The molecule has 3 amide bonds. The maximum absolute atomic E-state index is 15.3. The Morgan fingerprint density at radius 3 is 2.39 bits per heavy atom. The molecule has 72 heavy (non-hydrogen) atoms. The maximum Gasteiger partial charge on any atom is 0.248 e. The van der Waals surface area contributed by atoms with Crippen LogP contribution in [0, 0.1) is 39.4 Å². The first-order valence-corrected chi connectivity index (χ1v) is 26.0. The van der Waals surface area contributed by atoms with Gasteiger partial charge in [0.25, 0.3) is 0 Å². The quantitative estimate of drug-likeness (QED) is 0.0902. The minimum absolute atomic E-state index is 0.00716. The molecular formula is C53H56ClFN10O5S2. The van der Waals surface area contributed by atoms with Gasteiger partial charge >= 0.3 is 0 Å². The van der Waals surface area contributed by atoms with Crippen molar-refractivity contribution in [2.45, 2.75) is 105 Å². The van der Waals surface area contributed by atoms with E-state index in [-0.39, 0.29) is 61.4 Å². The molecule has 9 rings (SSSR count). The number of likely N-dealkylation sites (tertiary alicyclic amines) is 1. The molecule has 0 spiro atoms. The molecule has 6 heterocycles. The number of aliphatic hydroxyl groups is 1. The summed E-state index contributed by atoms with van der Waals surface area (Å²) in [5.74, 6) is -0.340. The molecule has 19 heteroatoms. The summed E-state index contributed by atoms with van der Waals surface area (Å²) in [7, 11) is 0. The summed E-state index contributed by atoms with van der Waals surface area (Å²) in [6.45, 7) is 15.5. The molecule has 1 fully saturated rings. The number of aliphatic imine (C=N–C) groups is 1. The highest BCUT2D eigenvalue weighted by atomic mass is 35.5. The van der Waals surface area contributed by atoms with Crippen molar-refractivity contribution in [3.05, 3.63) is 140 Å². The minimum atomic E-state index is -0.896. The van der Waals surface area contributed by atoms with Crippen LogP contribution in [0.15, 0.2) is 89.6 Å².